The Morgan fingerprint density at radius 1 is 1.13 bits per heavy atom. The van der Waals surface area contributed by atoms with Gasteiger partial charge in [-0.2, -0.15) is 0 Å². The number of hydrogen-bond donors (Lipinski definition) is 1. The summed E-state index contributed by atoms with van der Waals surface area (Å²) in [6.07, 6.45) is 0. The van der Waals surface area contributed by atoms with Gasteiger partial charge in [0.25, 0.3) is 5.91 Å². The molecular weight excluding hydrogens is 290 g/mol. The number of ether oxygens (including phenoxy) is 1. The van der Waals surface area contributed by atoms with Crippen molar-refractivity contribution >= 4 is 11.6 Å². The first kappa shape index (κ1) is 17.1. The Hall–Kier alpha value is -2.27. The number of nitrogens with one attached hydrogen (secondary N) is 1. The molecule has 0 saturated carbocycles. The van der Waals surface area contributed by atoms with Crippen LogP contribution < -0.4 is 9.64 Å². The standard InChI is InChI=1S/C18H25N3O2/c1-13-12-14(2)19-17(13)18(22)21(5)15-6-8-16(9-7-15)23-11-10-20(3)4/h6-9,12,19H,10-11H2,1-5H3. The van der Waals surface area contributed by atoms with E-state index in [0.717, 1.165) is 29.2 Å². The van der Waals surface area contributed by atoms with Crippen LogP contribution in [0.5, 0.6) is 5.75 Å². The number of aromatic nitrogens is 1. The van der Waals surface area contributed by atoms with Crippen LogP contribution in [0.3, 0.4) is 0 Å². The van der Waals surface area contributed by atoms with Crippen LogP contribution in [-0.4, -0.2) is 50.1 Å². The van der Waals surface area contributed by atoms with E-state index in [9.17, 15) is 4.79 Å². The van der Waals surface area contributed by atoms with Gasteiger partial charge in [0.2, 0.25) is 0 Å². The van der Waals surface area contributed by atoms with E-state index >= 15 is 0 Å². The third kappa shape index (κ3) is 4.36. The van der Waals surface area contributed by atoms with E-state index in [0.29, 0.717) is 12.3 Å². The van der Waals surface area contributed by atoms with Crippen molar-refractivity contribution in [2.45, 2.75) is 13.8 Å². The Morgan fingerprint density at radius 2 is 1.78 bits per heavy atom. The Morgan fingerprint density at radius 3 is 2.30 bits per heavy atom. The summed E-state index contributed by atoms with van der Waals surface area (Å²) in [6.45, 7) is 5.39. The molecule has 0 aliphatic heterocycles. The zero-order valence-electron chi connectivity index (χ0n) is 14.5. The number of carbonyl (C=O) groups is 1. The van der Waals surface area contributed by atoms with E-state index in [2.05, 4.69) is 9.88 Å². The second-order valence-corrected chi connectivity index (χ2v) is 6.02. The summed E-state index contributed by atoms with van der Waals surface area (Å²) in [5, 5.41) is 0. The Kier molecular flexibility index (Phi) is 5.45. The van der Waals surface area contributed by atoms with Gasteiger partial charge in [0.1, 0.15) is 18.1 Å². The minimum atomic E-state index is -0.0446. The van der Waals surface area contributed by atoms with Crippen LogP contribution in [0, 0.1) is 13.8 Å². The third-order valence-electron chi connectivity index (χ3n) is 3.70. The number of amides is 1. The van der Waals surface area contributed by atoms with Crippen molar-refractivity contribution in [3.8, 4) is 5.75 Å². The molecule has 0 fully saturated rings. The van der Waals surface area contributed by atoms with Crippen LogP contribution in [0.1, 0.15) is 21.7 Å². The number of anilines is 1. The van der Waals surface area contributed by atoms with Crippen molar-refractivity contribution in [2.24, 2.45) is 0 Å². The summed E-state index contributed by atoms with van der Waals surface area (Å²) in [4.78, 5) is 19.4. The summed E-state index contributed by atoms with van der Waals surface area (Å²) in [6, 6.07) is 9.55. The molecule has 5 nitrogen and oxygen atoms in total. The van der Waals surface area contributed by atoms with Crippen molar-refractivity contribution in [3.63, 3.8) is 0 Å². The molecule has 0 atom stereocenters. The van der Waals surface area contributed by atoms with Crippen molar-refractivity contribution in [2.75, 3.05) is 39.2 Å². The maximum atomic E-state index is 12.6. The first-order valence-corrected chi connectivity index (χ1v) is 7.70. The van der Waals surface area contributed by atoms with Crippen LogP contribution in [0.4, 0.5) is 5.69 Å². The highest BCUT2D eigenvalue weighted by molar-refractivity contribution is 6.05. The number of benzene rings is 1. The maximum absolute atomic E-state index is 12.6. The highest BCUT2D eigenvalue weighted by atomic mass is 16.5. The van der Waals surface area contributed by atoms with Gasteiger partial charge < -0.3 is 19.5 Å². The molecule has 23 heavy (non-hydrogen) atoms. The molecule has 2 rings (SSSR count). The monoisotopic (exact) mass is 315 g/mol. The third-order valence-corrected chi connectivity index (χ3v) is 3.70. The van der Waals surface area contributed by atoms with Gasteiger partial charge in [-0.1, -0.05) is 0 Å². The van der Waals surface area contributed by atoms with Crippen molar-refractivity contribution in [1.82, 2.24) is 9.88 Å². The molecule has 1 aromatic heterocycles. The molecule has 0 aliphatic carbocycles. The molecule has 124 valence electrons. The molecule has 0 bridgehead atoms. The summed E-state index contributed by atoms with van der Waals surface area (Å²) < 4.78 is 5.67. The Bertz CT molecular complexity index is 659. The molecular formula is C18H25N3O2. The fourth-order valence-corrected chi connectivity index (χ4v) is 2.35. The van der Waals surface area contributed by atoms with Gasteiger partial charge in [-0.15, -0.1) is 0 Å². The quantitative estimate of drug-likeness (QED) is 0.892. The second kappa shape index (κ2) is 7.33. The molecule has 2 aromatic rings. The summed E-state index contributed by atoms with van der Waals surface area (Å²) in [7, 11) is 5.80. The van der Waals surface area contributed by atoms with Gasteiger partial charge in [0.05, 0.1) is 0 Å². The Labute approximate surface area is 137 Å². The number of aromatic amines is 1. The van der Waals surface area contributed by atoms with Crippen molar-refractivity contribution in [3.05, 3.63) is 47.3 Å². The molecule has 1 amide bonds. The fraction of sp³-hybridized carbons (Fsp3) is 0.389. The van der Waals surface area contributed by atoms with Gasteiger partial charge in [-0.05, 0) is 63.8 Å². The van der Waals surface area contributed by atoms with Crippen LogP contribution in [0.2, 0.25) is 0 Å². The topological polar surface area (TPSA) is 48.6 Å². The molecule has 1 N–H and O–H groups in total. The number of aryl methyl sites for hydroxylation is 2. The lowest BCUT2D eigenvalue weighted by Gasteiger charge is -2.18. The van der Waals surface area contributed by atoms with E-state index < -0.39 is 0 Å². The summed E-state index contributed by atoms with van der Waals surface area (Å²) >= 11 is 0. The van der Waals surface area contributed by atoms with Crippen LogP contribution >= 0.6 is 0 Å². The molecule has 0 saturated heterocycles. The zero-order chi connectivity index (χ0) is 17.0. The smallest absolute Gasteiger partial charge is 0.274 e. The van der Waals surface area contributed by atoms with Gasteiger partial charge in [-0.25, -0.2) is 0 Å². The van der Waals surface area contributed by atoms with Gasteiger partial charge in [0.15, 0.2) is 0 Å². The predicted octanol–water partition coefficient (Wildman–Crippen LogP) is 2.85. The van der Waals surface area contributed by atoms with Gasteiger partial charge in [0, 0.05) is 25.0 Å². The van der Waals surface area contributed by atoms with E-state index in [1.807, 2.05) is 58.3 Å². The lowest BCUT2D eigenvalue weighted by atomic mass is 10.2. The predicted molar refractivity (Wildman–Crippen MR) is 93.5 cm³/mol. The molecule has 1 aromatic carbocycles. The molecule has 0 aliphatic rings. The van der Waals surface area contributed by atoms with Crippen LogP contribution in [0.15, 0.2) is 30.3 Å². The van der Waals surface area contributed by atoms with Gasteiger partial charge >= 0.3 is 0 Å². The number of likely N-dealkylation sites (N-methyl/N-ethyl adjacent to an activating group) is 1. The zero-order valence-corrected chi connectivity index (χ0v) is 14.5. The van der Waals surface area contributed by atoms with Crippen molar-refractivity contribution < 1.29 is 9.53 Å². The summed E-state index contributed by atoms with van der Waals surface area (Å²) in [5.41, 5.74) is 3.42. The normalized spacial score (nSPS) is 10.9. The number of nitrogens with zero attached hydrogens (tertiary/aromatic N) is 2. The van der Waals surface area contributed by atoms with E-state index in [4.69, 9.17) is 4.74 Å². The highest BCUT2D eigenvalue weighted by Gasteiger charge is 2.17. The highest BCUT2D eigenvalue weighted by Crippen LogP contribution is 2.21. The number of hydrogen-bond acceptors (Lipinski definition) is 3. The fourth-order valence-electron chi connectivity index (χ4n) is 2.35. The first-order valence-electron chi connectivity index (χ1n) is 7.70. The number of H-pyrrole nitrogens is 1. The SMILES string of the molecule is Cc1cc(C)c(C(=O)N(C)c2ccc(OCCN(C)C)cc2)[nH]1. The second-order valence-electron chi connectivity index (χ2n) is 6.02. The minimum absolute atomic E-state index is 0.0446. The van der Waals surface area contributed by atoms with E-state index in [1.54, 1.807) is 11.9 Å². The largest absolute Gasteiger partial charge is 0.492 e. The van der Waals surface area contributed by atoms with Crippen molar-refractivity contribution in [1.29, 1.82) is 0 Å². The molecule has 0 radical (unpaired) electrons. The van der Waals surface area contributed by atoms with Crippen LogP contribution in [0.25, 0.3) is 0 Å². The van der Waals surface area contributed by atoms with Gasteiger partial charge in [-0.3, -0.25) is 4.79 Å². The van der Waals surface area contributed by atoms with E-state index in [1.165, 1.54) is 0 Å². The minimum Gasteiger partial charge on any atom is -0.492 e. The lowest BCUT2D eigenvalue weighted by Crippen LogP contribution is -2.27. The average molecular weight is 315 g/mol. The number of rotatable bonds is 6. The maximum Gasteiger partial charge on any atom is 0.274 e. The Balaban J connectivity index is 2.03. The first-order chi connectivity index (χ1) is 10.9. The molecule has 1 heterocycles. The van der Waals surface area contributed by atoms with E-state index in [-0.39, 0.29) is 5.91 Å². The molecule has 0 spiro atoms. The average Bonchev–Trinajstić information content (AvgIpc) is 2.85. The van der Waals surface area contributed by atoms with Crippen LogP contribution in [-0.2, 0) is 0 Å². The number of carbonyl (C=O) groups excluding carboxylic acids is 1. The molecule has 5 heteroatoms. The molecule has 0 unspecified atom stereocenters. The lowest BCUT2D eigenvalue weighted by molar-refractivity contribution is 0.0988. The summed E-state index contributed by atoms with van der Waals surface area (Å²) in [5.74, 6) is 0.764.